The largest absolute Gasteiger partial charge is 0.326 e. The molecular weight excluding hydrogens is 188 g/mol. The molecule has 0 saturated heterocycles. The van der Waals surface area contributed by atoms with Crippen LogP contribution in [0.25, 0.3) is 0 Å². The summed E-state index contributed by atoms with van der Waals surface area (Å²) < 4.78 is 0. The fourth-order valence-corrected chi connectivity index (χ4v) is 1.31. The maximum atomic E-state index is 11.6. The number of aromatic nitrogens is 1. The molecule has 3 nitrogen and oxygen atoms in total. The normalized spacial score (nSPS) is 11.2. The van der Waals surface area contributed by atoms with Gasteiger partial charge in [0.15, 0.2) is 0 Å². The molecule has 0 spiro atoms. The van der Waals surface area contributed by atoms with Gasteiger partial charge in [-0.05, 0) is 24.5 Å². The second-order valence-electron chi connectivity index (χ2n) is 4.97. The lowest BCUT2D eigenvalue weighted by atomic mass is 9.92. The summed E-state index contributed by atoms with van der Waals surface area (Å²) >= 11 is 0. The summed E-state index contributed by atoms with van der Waals surface area (Å²) in [6.07, 6.45) is 2.22. The van der Waals surface area contributed by atoms with E-state index in [0.717, 1.165) is 11.4 Å². The Kier molecular flexibility index (Phi) is 3.45. The van der Waals surface area contributed by atoms with Crippen LogP contribution in [-0.2, 0) is 4.79 Å². The van der Waals surface area contributed by atoms with Gasteiger partial charge in [0.1, 0.15) is 0 Å². The lowest BCUT2D eigenvalue weighted by Gasteiger charge is -2.17. The number of nitrogens with zero attached hydrogens (tertiary/aromatic N) is 1. The van der Waals surface area contributed by atoms with Gasteiger partial charge in [-0.1, -0.05) is 20.8 Å². The predicted octanol–water partition coefficient (Wildman–Crippen LogP) is 2.76. The zero-order chi connectivity index (χ0) is 11.5. The smallest absolute Gasteiger partial charge is 0.224 e. The van der Waals surface area contributed by atoms with E-state index in [1.165, 1.54) is 0 Å². The summed E-state index contributed by atoms with van der Waals surface area (Å²) in [4.78, 5) is 15.7. The molecule has 1 aromatic rings. The number of anilines is 1. The molecule has 0 atom stereocenters. The van der Waals surface area contributed by atoms with E-state index in [-0.39, 0.29) is 11.3 Å². The van der Waals surface area contributed by atoms with E-state index in [1.54, 1.807) is 12.3 Å². The van der Waals surface area contributed by atoms with Crippen LogP contribution in [-0.4, -0.2) is 10.9 Å². The van der Waals surface area contributed by atoms with Crippen LogP contribution in [0.2, 0.25) is 0 Å². The van der Waals surface area contributed by atoms with Crippen molar-refractivity contribution in [1.82, 2.24) is 4.98 Å². The quantitative estimate of drug-likeness (QED) is 0.808. The van der Waals surface area contributed by atoms with E-state index in [0.29, 0.717) is 6.42 Å². The Bertz CT molecular complexity index is 353. The number of rotatable bonds is 2. The van der Waals surface area contributed by atoms with Crippen LogP contribution in [0.4, 0.5) is 5.69 Å². The van der Waals surface area contributed by atoms with Gasteiger partial charge in [-0.15, -0.1) is 0 Å². The molecule has 1 N–H and O–H groups in total. The van der Waals surface area contributed by atoms with Gasteiger partial charge in [-0.2, -0.15) is 0 Å². The number of carbonyl (C=O) groups excluding carboxylic acids is 1. The van der Waals surface area contributed by atoms with Crippen molar-refractivity contribution in [1.29, 1.82) is 0 Å². The number of hydrogen-bond acceptors (Lipinski definition) is 2. The molecule has 82 valence electrons. The Morgan fingerprint density at radius 1 is 1.47 bits per heavy atom. The van der Waals surface area contributed by atoms with Gasteiger partial charge >= 0.3 is 0 Å². The summed E-state index contributed by atoms with van der Waals surface area (Å²) in [7, 11) is 0. The average Bonchev–Trinajstić information content (AvgIpc) is 1.99. The van der Waals surface area contributed by atoms with Gasteiger partial charge < -0.3 is 5.32 Å². The van der Waals surface area contributed by atoms with E-state index in [1.807, 2.05) is 33.8 Å². The molecule has 1 heterocycles. The zero-order valence-corrected chi connectivity index (χ0v) is 9.79. The van der Waals surface area contributed by atoms with E-state index in [4.69, 9.17) is 0 Å². The summed E-state index contributed by atoms with van der Waals surface area (Å²) in [6.45, 7) is 8.04. The second-order valence-corrected chi connectivity index (χ2v) is 4.97. The minimum Gasteiger partial charge on any atom is -0.326 e. The first kappa shape index (κ1) is 11.7. The Morgan fingerprint density at radius 3 is 2.67 bits per heavy atom. The van der Waals surface area contributed by atoms with Gasteiger partial charge in [0.25, 0.3) is 0 Å². The molecule has 1 aromatic heterocycles. The first-order valence-electron chi connectivity index (χ1n) is 5.09. The number of hydrogen-bond donors (Lipinski definition) is 1. The highest BCUT2D eigenvalue weighted by atomic mass is 16.1. The van der Waals surface area contributed by atoms with Crippen LogP contribution < -0.4 is 5.32 Å². The van der Waals surface area contributed by atoms with E-state index < -0.39 is 0 Å². The molecule has 0 aromatic carbocycles. The number of pyridine rings is 1. The van der Waals surface area contributed by atoms with Crippen molar-refractivity contribution in [3.63, 3.8) is 0 Å². The topological polar surface area (TPSA) is 42.0 Å². The molecule has 0 radical (unpaired) electrons. The number of carbonyl (C=O) groups is 1. The number of amides is 1. The molecule has 0 aliphatic carbocycles. The van der Waals surface area contributed by atoms with Crippen molar-refractivity contribution in [2.75, 3.05) is 5.32 Å². The molecule has 0 bridgehead atoms. The van der Waals surface area contributed by atoms with Gasteiger partial charge in [-0.3, -0.25) is 9.78 Å². The number of nitrogens with one attached hydrogen (secondary N) is 1. The molecular formula is C12H18N2O. The molecule has 0 unspecified atom stereocenters. The maximum absolute atomic E-state index is 11.6. The highest BCUT2D eigenvalue weighted by Crippen LogP contribution is 2.19. The molecule has 15 heavy (non-hydrogen) atoms. The second kappa shape index (κ2) is 4.43. The van der Waals surface area contributed by atoms with Crippen LogP contribution in [0.3, 0.4) is 0 Å². The highest BCUT2D eigenvalue weighted by molar-refractivity contribution is 5.91. The van der Waals surface area contributed by atoms with Crippen molar-refractivity contribution in [3.8, 4) is 0 Å². The predicted molar refractivity (Wildman–Crippen MR) is 61.7 cm³/mol. The summed E-state index contributed by atoms with van der Waals surface area (Å²) in [5, 5.41) is 2.86. The van der Waals surface area contributed by atoms with Crippen molar-refractivity contribution in [3.05, 3.63) is 24.0 Å². The first-order valence-corrected chi connectivity index (χ1v) is 5.09. The van der Waals surface area contributed by atoms with E-state index in [2.05, 4.69) is 10.3 Å². The highest BCUT2D eigenvalue weighted by Gasteiger charge is 2.15. The van der Waals surface area contributed by atoms with Crippen molar-refractivity contribution < 1.29 is 4.79 Å². The van der Waals surface area contributed by atoms with Gasteiger partial charge in [0.2, 0.25) is 5.91 Å². The third kappa shape index (κ3) is 4.58. The number of aryl methyl sites for hydroxylation is 1. The lowest BCUT2D eigenvalue weighted by Crippen LogP contribution is -2.19. The van der Waals surface area contributed by atoms with Crippen LogP contribution in [0, 0.1) is 12.3 Å². The Balaban J connectivity index is 2.59. The lowest BCUT2D eigenvalue weighted by molar-refractivity contribution is -0.117. The van der Waals surface area contributed by atoms with Crippen LogP contribution in [0.15, 0.2) is 18.3 Å². The first-order chi connectivity index (χ1) is 6.87. The van der Waals surface area contributed by atoms with E-state index in [9.17, 15) is 4.79 Å². The van der Waals surface area contributed by atoms with Gasteiger partial charge in [-0.25, -0.2) is 0 Å². The molecule has 0 saturated carbocycles. The van der Waals surface area contributed by atoms with Crippen LogP contribution in [0.1, 0.15) is 32.9 Å². The van der Waals surface area contributed by atoms with E-state index >= 15 is 0 Å². The molecule has 0 aliphatic heterocycles. The molecule has 0 aliphatic rings. The summed E-state index contributed by atoms with van der Waals surface area (Å²) in [6, 6.07) is 3.66. The van der Waals surface area contributed by atoms with Crippen molar-refractivity contribution in [2.24, 2.45) is 5.41 Å². The maximum Gasteiger partial charge on any atom is 0.224 e. The molecule has 1 rings (SSSR count). The summed E-state index contributed by atoms with van der Waals surface area (Å²) in [5.41, 5.74) is 1.74. The standard InChI is InChI=1S/C12H18N2O/c1-9-7-10(5-6-13-9)14-11(15)8-12(2,3)4/h5-7H,8H2,1-4H3,(H,13,14,15). The molecule has 1 amide bonds. The van der Waals surface area contributed by atoms with Gasteiger partial charge in [0.05, 0.1) is 0 Å². The molecule has 0 fully saturated rings. The minimum atomic E-state index is 0.0200. The van der Waals surface area contributed by atoms with Crippen LogP contribution in [0.5, 0.6) is 0 Å². The zero-order valence-electron chi connectivity index (χ0n) is 9.79. The Labute approximate surface area is 90.9 Å². The fourth-order valence-electron chi connectivity index (χ4n) is 1.31. The summed E-state index contributed by atoms with van der Waals surface area (Å²) in [5.74, 6) is 0.0492. The Morgan fingerprint density at radius 2 is 2.13 bits per heavy atom. The van der Waals surface area contributed by atoms with Crippen molar-refractivity contribution in [2.45, 2.75) is 34.1 Å². The Hall–Kier alpha value is -1.38. The monoisotopic (exact) mass is 206 g/mol. The SMILES string of the molecule is Cc1cc(NC(=O)CC(C)(C)C)ccn1. The van der Waals surface area contributed by atoms with Crippen LogP contribution >= 0.6 is 0 Å². The third-order valence-electron chi connectivity index (χ3n) is 1.87. The fraction of sp³-hybridized carbons (Fsp3) is 0.500. The minimum absolute atomic E-state index is 0.0200. The average molecular weight is 206 g/mol. The third-order valence-corrected chi connectivity index (χ3v) is 1.87. The molecule has 3 heteroatoms. The van der Waals surface area contributed by atoms with Gasteiger partial charge in [0, 0.05) is 24.0 Å². The van der Waals surface area contributed by atoms with Crippen molar-refractivity contribution >= 4 is 11.6 Å².